The van der Waals surface area contributed by atoms with Crippen LogP contribution in [0.4, 0.5) is 8.78 Å². The van der Waals surface area contributed by atoms with Gasteiger partial charge in [-0.3, -0.25) is 4.79 Å². The highest BCUT2D eigenvalue weighted by Gasteiger charge is 2.23. The number of carbonyl (C=O) groups is 1. The van der Waals surface area contributed by atoms with Gasteiger partial charge in [0, 0.05) is 25.5 Å². The van der Waals surface area contributed by atoms with Gasteiger partial charge in [-0.05, 0) is 5.56 Å². The first kappa shape index (κ1) is 15.5. The van der Waals surface area contributed by atoms with E-state index in [1.54, 1.807) is 41.1 Å². The molecule has 2 heterocycles. The molecule has 1 aliphatic heterocycles. The number of carbonyl (C=O) groups excluding carboxylic acids is 1. The predicted molar refractivity (Wildman–Crippen MR) is 79.6 cm³/mol. The Hall–Kier alpha value is -2.44. The van der Waals surface area contributed by atoms with Crippen molar-refractivity contribution in [2.24, 2.45) is 0 Å². The average Bonchev–Trinajstić information content (AvgIpc) is 2.99. The van der Waals surface area contributed by atoms with Crippen molar-refractivity contribution in [1.29, 1.82) is 0 Å². The first-order valence-electron chi connectivity index (χ1n) is 7.48. The standard InChI is InChI=1S/C16H17F2N3O2/c17-14(18)9-12(11-5-2-1-3-6-11)19-16(22)13-10-15-21(20-13)7-4-8-23-15/h1-3,5-6,10,12,14H,4,7-9H2,(H,19,22). The Morgan fingerprint density at radius 1 is 1.35 bits per heavy atom. The van der Waals surface area contributed by atoms with Gasteiger partial charge in [0.25, 0.3) is 5.91 Å². The monoisotopic (exact) mass is 321 g/mol. The zero-order valence-corrected chi connectivity index (χ0v) is 12.4. The topological polar surface area (TPSA) is 56.2 Å². The van der Waals surface area contributed by atoms with Crippen LogP contribution in [-0.4, -0.2) is 28.7 Å². The van der Waals surface area contributed by atoms with Crippen molar-refractivity contribution in [3.05, 3.63) is 47.7 Å². The number of hydrogen-bond acceptors (Lipinski definition) is 3. The largest absolute Gasteiger partial charge is 0.478 e. The summed E-state index contributed by atoms with van der Waals surface area (Å²) in [6, 6.07) is 9.52. The minimum absolute atomic E-state index is 0.178. The summed E-state index contributed by atoms with van der Waals surface area (Å²) in [7, 11) is 0. The summed E-state index contributed by atoms with van der Waals surface area (Å²) in [5.74, 6) is 0.0523. The van der Waals surface area contributed by atoms with Gasteiger partial charge in [-0.2, -0.15) is 5.10 Å². The maximum Gasteiger partial charge on any atom is 0.272 e. The zero-order chi connectivity index (χ0) is 16.2. The van der Waals surface area contributed by atoms with Gasteiger partial charge in [-0.25, -0.2) is 13.5 Å². The lowest BCUT2D eigenvalue weighted by atomic mass is 10.0. The molecule has 0 saturated carbocycles. The molecule has 1 atom stereocenters. The highest BCUT2D eigenvalue weighted by Crippen LogP contribution is 2.22. The summed E-state index contributed by atoms with van der Waals surface area (Å²) in [6.45, 7) is 1.27. The number of amides is 1. The summed E-state index contributed by atoms with van der Waals surface area (Å²) < 4.78 is 32.7. The molecule has 0 aliphatic carbocycles. The Morgan fingerprint density at radius 3 is 2.83 bits per heavy atom. The predicted octanol–water partition coefficient (Wildman–Crippen LogP) is 2.79. The number of benzene rings is 1. The van der Waals surface area contributed by atoms with Gasteiger partial charge in [0.15, 0.2) is 5.69 Å². The molecule has 0 radical (unpaired) electrons. The van der Waals surface area contributed by atoms with Gasteiger partial charge in [0.2, 0.25) is 12.3 Å². The van der Waals surface area contributed by atoms with Gasteiger partial charge in [0.1, 0.15) is 0 Å². The molecule has 1 aliphatic rings. The van der Waals surface area contributed by atoms with Crippen LogP contribution in [0.5, 0.6) is 5.88 Å². The van der Waals surface area contributed by atoms with Crippen LogP contribution in [0.1, 0.15) is 34.9 Å². The third-order valence-electron chi connectivity index (χ3n) is 3.66. The van der Waals surface area contributed by atoms with E-state index in [-0.39, 0.29) is 5.69 Å². The second-order valence-electron chi connectivity index (χ2n) is 5.36. The molecule has 122 valence electrons. The number of fused-ring (bicyclic) bond motifs is 1. The van der Waals surface area contributed by atoms with Crippen molar-refractivity contribution < 1.29 is 18.3 Å². The Labute approximate surface area is 132 Å². The van der Waals surface area contributed by atoms with Crippen molar-refractivity contribution in [2.75, 3.05) is 6.61 Å². The number of ether oxygens (including phenoxy) is 1. The number of aromatic nitrogens is 2. The normalized spacial score (nSPS) is 14.9. The van der Waals surface area contributed by atoms with E-state index in [0.717, 1.165) is 6.42 Å². The maximum atomic E-state index is 12.8. The molecule has 0 fully saturated rings. The molecule has 1 aromatic carbocycles. The summed E-state index contributed by atoms with van der Waals surface area (Å²) in [4.78, 5) is 12.3. The quantitative estimate of drug-likeness (QED) is 0.921. The third-order valence-corrected chi connectivity index (χ3v) is 3.66. The van der Waals surface area contributed by atoms with Crippen molar-refractivity contribution in [1.82, 2.24) is 15.1 Å². The molecule has 1 amide bonds. The van der Waals surface area contributed by atoms with E-state index in [1.165, 1.54) is 0 Å². The molecule has 5 nitrogen and oxygen atoms in total. The molecular formula is C16H17F2N3O2. The summed E-state index contributed by atoms with van der Waals surface area (Å²) in [6.07, 6.45) is -2.13. The van der Waals surface area contributed by atoms with E-state index < -0.39 is 24.8 Å². The molecule has 0 saturated heterocycles. The molecule has 23 heavy (non-hydrogen) atoms. The smallest absolute Gasteiger partial charge is 0.272 e. The summed E-state index contributed by atoms with van der Waals surface area (Å²) >= 11 is 0. The number of aryl methyl sites for hydroxylation is 1. The van der Waals surface area contributed by atoms with E-state index in [9.17, 15) is 13.6 Å². The van der Waals surface area contributed by atoms with E-state index in [0.29, 0.717) is 24.6 Å². The highest BCUT2D eigenvalue weighted by molar-refractivity contribution is 5.92. The lowest BCUT2D eigenvalue weighted by Crippen LogP contribution is -2.30. The molecule has 3 rings (SSSR count). The Morgan fingerprint density at radius 2 is 2.13 bits per heavy atom. The Bertz CT molecular complexity index is 650. The van der Waals surface area contributed by atoms with Crippen LogP contribution in [0.15, 0.2) is 36.4 Å². The van der Waals surface area contributed by atoms with Crippen LogP contribution < -0.4 is 10.1 Å². The van der Waals surface area contributed by atoms with E-state index >= 15 is 0 Å². The second-order valence-corrected chi connectivity index (χ2v) is 5.36. The van der Waals surface area contributed by atoms with Crippen LogP contribution in [0.2, 0.25) is 0 Å². The fourth-order valence-electron chi connectivity index (χ4n) is 2.55. The molecule has 2 aromatic rings. The van der Waals surface area contributed by atoms with Crippen LogP contribution in [0.3, 0.4) is 0 Å². The van der Waals surface area contributed by atoms with Gasteiger partial charge >= 0.3 is 0 Å². The van der Waals surface area contributed by atoms with E-state index in [4.69, 9.17) is 4.74 Å². The van der Waals surface area contributed by atoms with Crippen molar-refractivity contribution in [3.8, 4) is 5.88 Å². The maximum absolute atomic E-state index is 12.8. The average molecular weight is 321 g/mol. The Kier molecular flexibility index (Phi) is 4.55. The van der Waals surface area contributed by atoms with E-state index in [2.05, 4.69) is 10.4 Å². The first-order valence-corrected chi connectivity index (χ1v) is 7.48. The van der Waals surface area contributed by atoms with Crippen molar-refractivity contribution in [3.63, 3.8) is 0 Å². The van der Waals surface area contributed by atoms with Crippen molar-refractivity contribution in [2.45, 2.75) is 31.9 Å². The minimum atomic E-state index is -2.51. The highest BCUT2D eigenvalue weighted by atomic mass is 19.3. The van der Waals surface area contributed by atoms with Gasteiger partial charge < -0.3 is 10.1 Å². The number of rotatable bonds is 5. The number of nitrogens with one attached hydrogen (secondary N) is 1. The lowest BCUT2D eigenvalue weighted by molar-refractivity contribution is 0.0881. The molecular weight excluding hydrogens is 304 g/mol. The molecule has 0 spiro atoms. The van der Waals surface area contributed by atoms with E-state index in [1.807, 2.05) is 0 Å². The fraction of sp³-hybridized carbons (Fsp3) is 0.375. The SMILES string of the molecule is O=C(NC(CC(F)F)c1ccccc1)c1cc2n(n1)CCCO2. The minimum Gasteiger partial charge on any atom is -0.478 e. The lowest BCUT2D eigenvalue weighted by Gasteiger charge is -2.18. The molecule has 1 N–H and O–H groups in total. The molecule has 7 heteroatoms. The summed E-state index contributed by atoms with van der Waals surface area (Å²) in [5.41, 5.74) is 0.818. The molecule has 1 aromatic heterocycles. The van der Waals surface area contributed by atoms with Gasteiger partial charge in [0.05, 0.1) is 12.6 Å². The van der Waals surface area contributed by atoms with Gasteiger partial charge in [-0.15, -0.1) is 0 Å². The van der Waals surface area contributed by atoms with Crippen LogP contribution in [0.25, 0.3) is 0 Å². The van der Waals surface area contributed by atoms with Gasteiger partial charge in [-0.1, -0.05) is 30.3 Å². The molecule has 0 bridgehead atoms. The first-order chi connectivity index (χ1) is 11.1. The third kappa shape index (κ3) is 3.67. The number of hydrogen-bond donors (Lipinski definition) is 1. The van der Waals surface area contributed by atoms with Crippen LogP contribution >= 0.6 is 0 Å². The molecule has 1 unspecified atom stereocenters. The van der Waals surface area contributed by atoms with Crippen LogP contribution in [0, 0.1) is 0 Å². The van der Waals surface area contributed by atoms with Crippen molar-refractivity contribution >= 4 is 5.91 Å². The number of alkyl halides is 2. The summed E-state index contributed by atoms with van der Waals surface area (Å²) in [5, 5.41) is 6.81. The Balaban J connectivity index is 1.76. The number of nitrogens with zero attached hydrogens (tertiary/aromatic N) is 2. The second kappa shape index (κ2) is 6.76. The van der Waals surface area contributed by atoms with Crippen LogP contribution in [-0.2, 0) is 6.54 Å². The zero-order valence-electron chi connectivity index (χ0n) is 12.4. The number of halogens is 2. The fourth-order valence-corrected chi connectivity index (χ4v) is 2.55.